The highest BCUT2D eigenvalue weighted by Crippen LogP contribution is 2.25. The van der Waals surface area contributed by atoms with Crippen molar-refractivity contribution in [3.05, 3.63) is 17.3 Å². The minimum absolute atomic E-state index is 0.201. The van der Waals surface area contributed by atoms with Gasteiger partial charge >= 0.3 is 0 Å². The summed E-state index contributed by atoms with van der Waals surface area (Å²) in [6.45, 7) is 0.625. The molecule has 1 fully saturated rings. The summed E-state index contributed by atoms with van der Waals surface area (Å²) in [5.74, 6) is 1.28. The molecule has 0 bridgehead atoms. The number of nitrogens with zero attached hydrogens (tertiary/aromatic N) is 3. The maximum atomic E-state index is 10.1. The Balaban J connectivity index is 1.78. The zero-order valence-corrected chi connectivity index (χ0v) is 12.4. The van der Waals surface area contributed by atoms with Gasteiger partial charge in [-0.15, -0.1) is 11.3 Å². The normalized spacial score (nSPS) is 23.6. The summed E-state index contributed by atoms with van der Waals surface area (Å²) in [4.78, 5) is 12.0. The van der Waals surface area contributed by atoms with Crippen molar-refractivity contribution in [1.29, 1.82) is 0 Å². The van der Waals surface area contributed by atoms with Crippen LogP contribution in [0, 0.1) is 0 Å². The summed E-state index contributed by atoms with van der Waals surface area (Å²) >= 11 is 1.58. The van der Waals surface area contributed by atoms with Crippen LogP contribution in [0.3, 0.4) is 0 Å². The van der Waals surface area contributed by atoms with Crippen molar-refractivity contribution in [1.82, 2.24) is 14.9 Å². The number of aliphatic hydroxyl groups is 1. The van der Waals surface area contributed by atoms with E-state index in [9.17, 15) is 5.11 Å². The zero-order chi connectivity index (χ0) is 14.1. The average Bonchev–Trinajstić information content (AvgIpc) is 2.88. The van der Waals surface area contributed by atoms with Gasteiger partial charge in [0.25, 0.3) is 0 Å². The molecule has 2 unspecified atom stereocenters. The number of rotatable bonds is 3. The molecule has 2 aromatic heterocycles. The van der Waals surface area contributed by atoms with Crippen LogP contribution in [0.15, 0.2) is 11.4 Å². The third kappa shape index (κ3) is 2.63. The number of aromatic nitrogens is 2. The van der Waals surface area contributed by atoms with Crippen LogP contribution in [0.5, 0.6) is 0 Å². The second-order valence-corrected chi connectivity index (χ2v) is 6.39. The van der Waals surface area contributed by atoms with E-state index in [1.807, 2.05) is 18.5 Å². The Hall–Kier alpha value is -1.24. The number of nitrogen functional groups attached to an aromatic ring is 1. The molecule has 0 aromatic carbocycles. The summed E-state index contributed by atoms with van der Waals surface area (Å²) < 4.78 is 0. The molecule has 0 saturated heterocycles. The monoisotopic (exact) mass is 292 g/mol. The molecule has 20 heavy (non-hydrogen) atoms. The highest BCUT2D eigenvalue weighted by Gasteiger charge is 2.27. The average molecular weight is 292 g/mol. The topological polar surface area (TPSA) is 75.3 Å². The Morgan fingerprint density at radius 3 is 3.00 bits per heavy atom. The molecule has 5 nitrogen and oxygen atoms in total. The molecule has 2 aromatic rings. The van der Waals surface area contributed by atoms with Gasteiger partial charge in [0.05, 0.1) is 18.0 Å². The standard InChI is InChI=1S/C14H20N4OS/c1-18(10-4-2-3-5-11(10)19)8-12-16-13(15)9-6-7-20-14(9)17-12/h6-7,10-11,19H,2-5,8H2,1H3,(H2,15,16,17). The van der Waals surface area contributed by atoms with Gasteiger partial charge in [-0.25, -0.2) is 9.97 Å². The van der Waals surface area contributed by atoms with E-state index in [1.165, 1.54) is 6.42 Å². The van der Waals surface area contributed by atoms with Crippen molar-refractivity contribution >= 4 is 27.4 Å². The maximum absolute atomic E-state index is 10.1. The van der Waals surface area contributed by atoms with E-state index >= 15 is 0 Å². The molecular weight excluding hydrogens is 272 g/mol. The number of hydrogen-bond acceptors (Lipinski definition) is 6. The van der Waals surface area contributed by atoms with Gasteiger partial charge in [0.15, 0.2) is 0 Å². The predicted octanol–water partition coefficient (Wildman–Crippen LogP) is 2.01. The van der Waals surface area contributed by atoms with Crippen LogP contribution in [0.4, 0.5) is 5.82 Å². The summed E-state index contributed by atoms with van der Waals surface area (Å²) in [5, 5.41) is 13.0. The molecule has 1 aliphatic carbocycles. The molecule has 2 atom stereocenters. The highest BCUT2D eigenvalue weighted by atomic mass is 32.1. The largest absolute Gasteiger partial charge is 0.391 e. The lowest BCUT2D eigenvalue weighted by atomic mass is 9.91. The molecular formula is C14H20N4OS. The van der Waals surface area contributed by atoms with E-state index in [4.69, 9.17) is 5.73 Å². The lowest BCUT2D eigenvalue weighted by Crippen LogP contribution is -2.43. The quantitative estimate of drug-likeness (QED) is 0.905. The molecule has 0 spiro atoms. The molecule has 1 aliphatic rings. The van der Waals surface area contributed by atoms with Crippen LogP contribution >= 0.6 is 11.3 Å². The molecule has 3 rings (SSSR count). The van der Waals surface area contributed by atoms with Gasteiger partial charge in [-0.3, -0.25) is 4.90 Å². The second kappa shape index (κ2) is 5.63. The minimum atomic E-state index is -0.239. The van der Waals surface area contributed by atoms with Crippen molar-refractivity contribution in [2.75, 3.05) is 12.8 Å². The summed E-state index contributed by atoms with van der Waals surface area (Å²) in [6.07, 6.45) is 3.99. The maximum Gasteiger partial charge on any atom is 0.146 e. The Morgan fingerprint density at radius 2 is 2.20 bits per heavy atom. The van der Waals surface area contributed by atoms with Crippen LogP contribution in [0.2, 0.25) is 0 Å². The Morgan fingerprint density at radius 1 is 1.40 bits per heavy atom. The van der Waals surface area contributed by atoms with Crippen LogP contribution < -0.4 is 5.73 Å². The van der Waals surface area contributed by atoms with Gasteiger partial charge < -0.3 is 10.8 Å². The Kier molecular flexibility index (Phi) is 3.87. The van der Waals surface area contributed by atoms with Gasteiger partial charge in [0, 0.05) is 6.04 Å². The van der Waals surface area contributed by atoms with Crippen molar-refractivity contribution in [2.24, 2.45) is 0 Å². The Bertz CT molecular complexity index is 600. The van der Waals surface area contributed by atoms with Gasteiger partial charge in [-0.05, 0) is 31.3 Å². The predicted molar refractivity (Wildman–Crippen MR) is 81.6 cm³/mol. The number of thiophene rings is 1. The fourth-order valence-corrected chi connectivity index (χ4v) is 3.73. The molecule has 6 heteroatoms. The molecule has 108 valence electrons. The molecule has 2 heterocycles. The first-order valence-electron chi connectivity index (χ1n) is 7.03. The van der Waals surface area contributed by atoms with Crippen molar-refractivity contribution in [2.45, 2.75) is 44.4 Å². The fourth-order valence-electron chi connectivity index (χ4n) is 2.94. The van der Waals surface area contributed by atoms with E-state index in [1.54, 1.807) is 11.3 Å². The van der Waals surface area contributed by atoms with Crippen LogP contribution in [0.1, 0.15) is 31.5 Å². The number of fused-ring (bicyclic) bond motifs is 1. The van der Waals surface area contributed by atoms with Crippen molar-refractivity contribution in [3.63, 3.8) is 0 Å². The minimum Gasteiger partial charge on any atom is -0.391 e. The number of nitrogens with two attached hydrogens (primary N) is 1. The second-order valence-electron chi connectivity index (χ2n) is 5.50. The number of aliphatic hydroxyl groups excluding tert-OH is 1. The smallest absolute Gasteiger partial charge is 0.146 e. The first kappa shape index (κ1) is 13.7. The first-order chi connectivity index (χ1) is 9.65. The van der Waals surface area contributed by atoms with E-state index in [-0.39, 0.29) is 12.1 Å². The van der Waals surface area contributed by atoms with Gasteiger partial charge in [0.2, 0.25) is 0 Å². The molecule has 1 saturated carbocycles. The SMILES string of the molecule is CN(Cc1nc(N)c2ccsc2n1)C1CCCCC1O. The van der Waals surface area contributed by atoms with Crippen LogP contribution in [0.25, 0.3) is 10.2 Å². The molecule has 3 N–H and O–H groups in total. The van der Waals surface area contributed by atoms with Crippen molar-refractivity contribution in [3.8, 4) is 0 Å². The van der Waals surface area contributed by atoms with Gasteiger partial charge in [-0.1, -0.05) is 12.8 Å². The molecule has 0 amide bonds. The van der Waals surface area contributed by atoms with E-state index < -0.39 is 0 Å². The first-order valence-corrected chi connectivity index (χ1v) is 7.91. The summed E-state index contributed by atoms with van der Waals surface area (Å²) in [7, 11) is 2.03. The third-order valence-electron chi connectivity index (χ3n) is 4.05. The Labute approximate surface area is 122 Å². The van der Waals surface area contributed by atoms with Crippen molar-refractivity contribution < 1.29 is 5.11 Å². The zero-order valence-electron chi connectivity index (χ0n) is 11.6. The summed E-state index contributed by atoms with van der Waals surface area (Å²) in [5.41, 5.74) is 5.97. The van der Waals surface area contributed by atoms with Gasteiger partial charge in [-0.2, -0.15) is 0 Å². The highest BCUT2D eigenvalue weighted by molar-refractivity contribution is 7.16. The van der Waals surface area contributed by atoms with E-state index in [0.717, 1.165) is 35.3 Å². The fraction of sp³-hybridized carbons (Fsp3) is 0.571. The van der Waals surface area contributed by atoms with Crippen LogP contribution in [-0.2, 0) is 6.54 Å². The van der Waals surface area contributed by atoms with Gasteiger partial charge in [0.1, 0.15) is 16.5 Å². The lowest BCUT2D eigenvalue weighted by molar-refractivity contribution is 0.0279. The van der Waals surface area contributed by atoms with E-state index in [2.05, 4.69) is 14.9 Å². The summed E-state index contributed by atoms with van der Waals surface area (Å²) in [6, 6.07) is 2.15. The number of likely N-dealkylation sites (N-methyl/N-ethyl adjacent to an activating group) is 1. The number of anilines is 1. The van der Waals surface area contributed by atoms with Crippen LogP contribution in [-0.4, -0.2) is 39.2 Å². The third-order valence-corrected chi connectivity index (χ3v) is 4.86. The number of hydrogen-bond donors (Lipinski definition) is 2. The molecule has 0 aliphatic heterocycles. The van der Waals surface area contributed by atoms with E-state index in [0.29, 0.717) is 12.4 Å². The lowest BCUT2D eigenvalue weighted by Gasteiger charge is -2.34. The molecule has 0 radical (unpaired) electrons.